The second-order valence-corrected chi connectivity index (χ2v) is 21.7. The Balaban J connectivity index is 1.21. The van der Waals surface area contributed by atoms with Gasteiger partial charge in [0.2, 0.25) is 0 Å². The predicted octanol–water partition coefficient (Wildman–Crippen LogP) is 15.0. The molecule has 310 valence electrons. The van der Waals surface area contributed by atoms with Crippen LogP contribution in [0, 0.1) is 0 Å². The van der Waals surface area contributed by atoms with Crippen LogP contribution in [0.2, 0.25) is 0 Å². The predicted molar refractivity (Wildman–Crippen MR) is 260 cm³/mol. The van der Waals surface area contributed by atoms with Crippen molar-refractivity contribution in [3.63, 3.8) is 0 Å². The summed E-state index contributed by atoms with van der Waals surface area (Å²) in [6, 6.07) is 43.8. The molecule has 5 aromatic carbocycles. The monoisotopic (exact) mass is 811 g/mol. The quantitative estimate of drug-likeness (QED) is 0.174. The van der Waals surface area contributed by atoms with Crippen LogP contribution in [0.1, 0.15) is 128 Å². The van der Waals surface area contributed by atoms with Gasteiger partial charge in [0, 0.05) is 50.7 Å². The molecule has 11 rings (SSSR count). The molecular formula is C57H57N5. The molecule has 3 aliphatic rings. The summed E-state index contributed by atoms with van der Waals surface area (Å²) in [5.74, 6) is 1.95. The Morgan fingerprint density at radius 1 is 0.435 bits per heavy atom. The van der Waals surface area contributed by atoms with Crippen LogP contribution in [0.15, 0.2) is 128 Å². The molecule has 6 heterocycles. The molecule has 0 atom stereocenters. The zero-order chi connectivity index (χ0) is 43.5. The van der Waals surface area contributed by atoms with Crippen LogP contribution < -0.4 is 9.80 Å². The molecule has 0 spiro atoms. The first kappa shape index (κ1) is 38.7. The first-order chi connectivity index (χ1) is 29.3. The number of pyridine rings is 2. The summed E-state index contributed by atoms with van der Waals surface area (Å²) in [5.41, 5.74) is 17.9. The van der Waals surface area contributed by atoms with Gasteiger partial charge in [0.25, 0.3) is 0 Å². The van der Waals surface area contributed by atoms with Crippen LogP contribution in [0.4, 0.5) is 34.3 Å². The fourth-order valence-corrected chi connectivity index (χ4v) is 11.0. The van der Waals surface area contributed by atoms with Crippen molar-refractivity contribution in [2.24, 2.45) is 0 Å². The zero-order valence-electron chi connectivity index (χ0n) is 38.4. The summed E-state index contributed by atoms with van der Waals surface area (Å²) in [7, 11) is 0. The number of aromatic nitrogens is 3. The van der Waals surface area contributed by atoms with E-state index in [0.29, 0.717) is 0 Å². The molecule has 3 aromatic heterocycles. The maximum absolute atomic E-state index is 5.14. The summed E-state index contributed by atoms with van der Waals surface area (Å²) in [6.45, 7) is 28.1. The highest BCUT2D eigenvalue weighted by Gasteiger charge is 2.44. The number of nitrogens with zero attached hydrogens (tertiary/aromatic N) is 5. The van der Waals surface area contributed by atoms with Crippen LogP contribution in [0.25, 0.3) is 27.6 Å². The number of anilines is 6. The molecule has 3 aliphatic heterocycles. The van der Waals surface area contributed by atoms with Gasteiger partial charge in [-0.1, -0.05) is 138 Å². The largest absolute Gasteiger partial charge is 0.310 e. The minimum atomic E-state index is -0.272. The van der Waals surface area contributed by atoms with E-state index in [0.717, 1.165) is 23.0 Å². The fraction of sp³-hybridized carbons (Fsp3) is 0.298. The maximum Gasteiger partial charge on any atom is 0.141 e. The van der Waals surface area contributed by atoms with Crippen molar-refractivity contribution < 1.29 is 0 Å². The minimum Gasteiger partial charge on any atom is -0.310 e. The second kappa shape index (κ2) is 12.5. The van der Waals surface area contributed by atoms with E-state index in [4.69, 9.17) is 9.97 Å². The third-order valence-electron chi connectivity index (χ3n) is 14.7. The van der Waals surface area contributed by atoms with Crippen LogP contribution >= 0.6 is 0 Å². The van der Waals surface area contributed by atoms with Gasteiger partial charge >= 0.3 is 0 Å². The van der Waals surface area contributed by atoms with Crippen molar-refractivity contribution >= 4 is 56.1 Å². The summed E-state index contributed by atoms with van der Waals surface area (Å²) in [6.07, 6.45) is 3.93. The molecule has 0 unspecified atom stereocenters. The molecule has 0 bridgehead atoms. The number of hydrogen-bond acceptors (Lipinski definition) is 4. The lowest BCUT2D eigenvalue weighted by atomic mass is 9.68. The third kappa shape index (κ3) is 5.20. The highest BCUT2D eigenvalue weighted by atomic mass is 15.2. The summed E-state index contributed by atoms with van der Waals surface area (Å²) in [4.78, 5) is 15.2. The third-order valence-corrected chi connectivity index (χ3v) is 14.7. The van der Waals surface area contributed by atoms with Crippen LogP contribution in [-0.4, -0.2) is 14.5 Å². The zero-order valence-corrected chi connectivity index (χ0v) is 38.4. The molecule has 5 nitrogen and oxygen atoms in total. The Kier molecular flexibility index (Phi) is 7.78. The Hall–Kier alpha value is -6.20. The lowest BCUT2D eigenvalue weighted by molar-refractivity contribution is 0.581. The van der Waals surface area contributed by atoms with E-state index in [1.54, 1.807) is 0 Å². The van der Waals surface area contributed by atoms with E-state index in [1.165, 1.54) is 83.4 Å². The summed E-state index contributed by atoms with van der Waals surface area (Å²) in [5, 5.41) is 2.53. The molecular weight excluding hydrogens is 755 g/mol. The van der Waals surface area contributed by atoms with Gasteiger partial charge < -0.3 is 4.90 Å². The molecule has 8 aromatic rings. The summed E-state index contributed by atoms with van der Waals surface area (Å²) >= 11 is 0. The molecule has 0 amide bonds. The Bertz CT molecular complexity index is 3200. The lowest BCUT2D eigenvalue weighted by Crippen LogP contribution is -2.35. The van der Waals surface area contributed by atoms with Gasteiger partial charge in [-0.25, -0.2) is 9.97 Å². The number of hydrogen-bond donors (Lipinski definition) is 0. The highest BCUT2D eigenvalue weighted by Crippen LogP contribution is 2.59. The molecule has 5 heteroatoms. The average molecular weight is 812 g/mol. The van der Waals surface area contributed by atoms with Gasteiger partial charge in [0.05, 0.1) is 33.8 Å². The van der Waals surface area contributed by atoms with E-state index in [1.807, 2.05) is 12.4 Å². The van der Waals surface area contributed by atoms with Crippen LogP contribution in [0.3, 0.4) is 0 Å². The second-order valence-electron chi connectivity index (χ2n) is 21.7. The molecule has 0 saturated heterocycles. The van der Waals surface area contributed by atoms with Crippen molar-refractivity contribution in [2.75, 3.05) is 9.80 Å². The van der Waals surface area contributed by atoms with Gasteiger partial charge in [0.1, 0.15) is 11.6 Å². The average Bonchev–Trinajstić information content (AvgIpc) is 3.56. The van der Waals surface area contributed by atoms with Crippen molar-refractivity contribution in [1.82, 2.24) is 14.5 Å². The normalized spacial score (nSPS) is 16.7. The van der Waals surface area contributed by atoms with Crippen LogP contribution in [-0.2, 0) is 27.1 Å². The molecule has 0 N–H and O–H groups in total. The fourth-order valence-electron chi connectivity index (χ4n) is 11.0. The van der Waals surface area contributed by atoms with Crippen molar-refractivity contribution in [3.8, 4) is 5.82 Å². The van der Waals surface area contributed by atoms with Crippen molar-refractivity contribution in [2.45, 2.75) is 110 Å². The maximum atomic E-state index is 5.14. The van der Waals surface area contributed by atoms with E-state index in [9.17, 15) is 0 Å². The van der Waals surface area contributed by atoms with Crippen molar-refractivity contribution in [1.29, 1.82) is 0 Å². The topological polar surface area (TPSA) is 37.2 Å². The lowest BCUT2D eigenvalue weighted by Gasteiger charge is -2.46. The molecule has 0 saturated carbocycles. The summed E-state index contributed by atoms with van der Waals surface area (Å²) < 4.78 is 2.46. The highest BCUT2D eigenvalue weighted by molar-refractivity contribution is 6.13. The van der Waals surface area contributed by atoms with Gasteiger partial charge in [-0.2, -0.15) is 0 Å². The SMILES string of the molecule is CC(C)(C)c1ccnc(N2c3ccccc3C(C)(C)c3cc4c(cc32)N(c2ccc3c5cc(C(C)(C)C)cc6c5n(c3c2)-c2ncccc2C6(C)C)c2ccccc2C4(C)C)c1. The Labute approximate surface area is 367 Å². The number of fused-ring (bicyclic) bond motifs is 9. The van der Waals surface area contributed by atoms with Gasteiger partial charge in [-0.05, 0) is 110 Å². The van der Waals surface area contributed by atoms with E-state index in [2.05, 4.69) is 213 Å². The van der Waals surface area contributed by atoms with E-state index in [-0.39, 0.29) is 27.1 Å². The Morgan fingerprint density at radius 2 is 1.03 bits per heavy atom. The first-order valence-corrected chi connectivity index (χ1v) is 22.3. The van der Waals surface area contributed by atoms with Gasteiger partial charge in [0.15, 0.2) is 0 Å². The molecule has 0 aliphatic carbocycles. The first-order valence-electron chi connectivity index (χ1n) is 22.3. The number of rotatable bonds is 2. The van der Waals surface area contributed by atoms with Gasteiger partial charge in [-0.3, -0.25) is 9.47 Å². The van der Waals surface area contributed by atoms with Gasteiger partial charge in [-0.15, -0.1) is 0 Å². The Morgan fingerprint density at radius 3 is 1.69 bits per heavy atom. The number of benzene rings is 5. The van der Waals surface area contributed by atoms with Crippen molar-refractivity contribution in [3.05, 3.63) is 172 Å². The molecule has 0 fully saturated rings. The van der Waals surface area contributed by atoms with Crippen LogP contribution in [0.5, 0.6) is 0 Å². The molecule has 0 radical (unpaired) electrons. The van der Waals surface area contributed by atoms with E-state index < -0.39 is 0 Å². The van der Waals surface area contributed by atoms with E-state index >= 15 is 0 Å². The number of para-hydroxylation sites is 2. The minimum absolute atomic E-state index is 0.00986. The molecule has 62 heavy (non-hydrogen) atoms. The standard InChI is InChI=1S/C57H57N5/c1-53(2,3)34-25-27-58-50(30-34)61-46-22-16-14-19-40(46)56(9,10)43-32-42-48(33-49(43)61)60(45-21-15-13-18-39(45)55(42,7)8)36-23-24-37-38-28-35(54(4,5)6)29-44-51(38)62(47(37)31-36)52-41(57(44,11)12)20-17-26-59-52/h13-33H,1-12H3. The smallest absolute Gasteiger partial charge is 0.141 e.